The Morgan fingerprint density at radius 2 is 2.47 bits per heavy atom. The van der Waals surface area contributed by atoms with Gasteiger partial charge in [0.15, 0.2) is 0 Å². The largest absolute Gasteiger partial charge is 0.481 e. The lowest BCUT2D eigenvalue weighted by Gasteiger charge is -2.13. The number of nitrogens with zero attached hydrogens (tertiary/aromatic N) is 1. The summed E-state index contributed by atoms with van der Waals surface area (Å²) >= 11 is 5.13. The molecule has 1 unspecified atom stereocenters. The number of rotatable bonds is 3. The minimum absolute atomic E-state index is 0.173. The van der Waals surface area contributed by atoms with Crippen LogP contribution in [-0.4, -0.2) is 29.1 Å². The van der Waals surface area contributed by atoms with Crippen LogP contribution in [0.25, 0.3) is 0 Å². The molecule has 3 nitrogen and oxygen atoms in total. The maximum atomic E-state index is 10.8. The Morgan fingerprint density at radius 1 is 1.67 bits per heavy atom. The third kappa shape index (κ3) is 2.80. The predicted molar refractivity (Wildman–Crippen MR) is 63.0 cm³/mol. The Labute approximate surface area is 101 Å². The molecule has 1 fully saturated rings. The highest BCUT2D eigenvalue weighted by Crippen LogP contribution is 2.25. The molecule has 5 heteroatoms. The number of thiophene rings is 1. The Hall–Kier alpha value is -0.390. The van der Waals surface area contributed by atoms with Crippen molar-refractivity contribution in [3.63, 3.8) is 0 Å². The Balaban J connectivity index is 1.90. The quantitative estimate of drug-likeness (QED) is 0.929. The van der Waals surface area contributed by atoms with Crippen molar-refractivity contribution in [1.82, 2.24) is 4.90 Å². The number of hydrogen-bond donors (Lipinski definition) is 1. The molecular formula is C10H12BrNO2S. The number of carboxylic acids is 1. The molecule has 82 valence electrons. The molecule has 0 aliphatic carbocycles. The number of carbonyl (C=O) groups is 1. The van der Waals surface area contributed by atoms with Crippen LogP contribution in [0.3, 0.4) is 0 Å². The fourth-order valence-corrected chi connectivity index (χ4v) is 3.36. The van der Waals surface area contributed by atoms with E-state index in [4.69, 9.17) is 5.11 Å². The second kappa shape index (κ2) is 4.63. The SMILES string of the molecule is O=C(O)C1CCN(Cc2ccc(Br)s2)C1. The number of aliphatic carboxylic acids is 1. The number of carboxylic acid groups (broad SMARTS) is 1. The van der Waals surface area contributed by atoms with Crippen LogP contribution in [0.4, 0.5) is 0 Å². The van der Waals surface area contributed by atoms with E-state index < -0.39 is 5.97 Å². The van der Waals surface area contributed by atoms with Crippen LogP contribution >= 0.6 is 27.3 Å². The summed E-state index contributed by atoms with van der Waals surface area (Å²) in [6, 6.07) is 4.12. The van der Waals surface area contributed by atoms with Crippen LogP contribution in [0.15, 0.2) is 15.9 Å². The van der Waals surface area contributed by atoms with Crippen molar-refractivity contribution in [2.24, 2.45) is 5.92 Å². The van der Waals surface area contributed by atoms with Crippen molar-refractivity contribution in [2.45, 2.75) is 13.0 Å². The molecule has 1 aliphatic rings. The molecule has 15 heavy (non-hydrogen) atoms. The van der Waals surface area contributed by atoms with E-state index in [1.807, 2.05) is 6.07 Å². The smallest absolute Gasteiger partial charge is 0.307 e. The van der Waals surface area contributed by atoms with Gasteiger partial charge in [-0.25, -0.2) is 0 Å². The van der Waals surface area contributed by atoms with Crippen molar-refractivity contribution in [1.29, 1.82) is 0 Å². The summed E-state index contributed by atoms with van der Waals surface area (Å²) in [6.45, 7) is 2.46. The highest BCUT2D eigenvalue weighted by molar-refractivity contribution is 9.11. The van der Waals surface area contributed by atoms with Gasteiger partial charge in [-0.1, -0.05) is 0 Å². The molecule has 0 aromatic carbocycles. The summed E-state index contributed by atoms with van der Waals surface area (Å²) in [6.07, 6.45) is 0.780. The third-order valence-electron chi connectivity index (χ3n) is 2.63. The van der Waals surface area contributed by atoms with E-state index in [1.54, 1.807) is 11.3 Å². The highest BCUT2D eigenvalue weighted by Gasteiger charge is 2.27. The summed E-state index contributed by atoms with van der Waals surface area (Å²) in [7, 11) is 0. The van der Waals surface area contributed by atoms with Crippen LogP contribution in [0.2, 0.25) is 0 Å². The van der Waals surface area contributed by atoms with Crippen molar-refractivity contribution in [2.75, 3.05) is 13.1 Å². The molecule has 0 spiro atoms. The Kier molecular flexibility index (Phi) is 3.43. The van der Waals surface area contributed by atoms with Gasteiger partial charge in [-0.15, -0.1) is 11.3 Å². The first-order valence-corrected chi connectivity index (χ1v) is 6.45. The van der Waals surface area contributed by atoms with Gasteiger partial charge >= 0.3 is 5.97 Å². The first kappa shape index (κ1) is 11.1. The molecular weight excluding hydrogens is 278 g/mol. The fraction of sp³-hybridized carbons (Fsp3) is 0.500. The van der Waals surface area contributed by atoms with Crippen LogP contribution < -0.4 is 0 Å². The van der Waals surface area contributed by atoms with E-state index in [0.717, 1.165) is 23.3 Å². The molecule has 2 rings (SSSR count). The minimum Gasteiger partial charge on any atom is -0.481 e. The highest BCUT2D eigenvalue weighted by atomic mass is 79.9. The normalized spacial score (nSPS) is 22.1. The second-order valence-electron chi connectivity index (χ2n) is 3.76. The molecule has 1 saturated heterocycles. The van der Waals surface area contributed by atoms with Crippen molar-refractivity contribution in [3.8, 4) is 0 Å². The monoisotopic (exact) mass is 289 g/mol. The zero-order valence-corrected chi connectivity index (χ0v) is 10.6. The first-order chi connectivity index (χ1) is 7.15. The minimum atomic E-state index is -0.662. The summed E-state index contributed by atoms with van der Waals surface area (Å²) in [5.74, 6) is -0.835. The van der Waals surface area contributed by atoms with Gasteiger partial charge in [-0.05, 0) is 41.0 Å². The Morgan fingerprint density at radius 3 is 3.00 bits per heavy atom. The van der Waals surface area contributed by atoms with E-state index in [-0.39, 0.29) is 5.92 Å². The summed E-state index contributed by atoms with van der Waals surface area (Å²) in [5.41, 5.74) is 0. The predicted octanol–water partition coefficient (Wildman–Crippen LogP) is 2.42. The standard InChI is InChI=1S/C10H12BrNO2S/c11-9-2-1-8(15-9)6-12-4-3-7(5-12)10(13)14/h1-2,7H,3-6H2,(H,13,14). The first-order valence-electron chi connectivity index (χ1n) is 4.84. The average molecular weight is 290 g/mol. The maximum Gasteiger partial charge on any atom is 0.307 e. The maximum absolute atomic E-state index is 10.8. The lowest BCUT2D eigenvalue weighted by Crippen LogP contribution is -2.22. The number of likely N-dealkylation sites (tertiary alicyclic amines) is 1. The lowest BCUT2D eigenvalue weighted by molar-refractivity contribution is -0.141. The molecule has 1 N–H and O–H groups in total. The van der Waals surface area contributed by atoms with Gasteiger partial charge in [0.25, 0.3) is 0 Å². The molecule has 1 aromatic heterocycles. The van der Waals surface area contributed by atoms with Crippen LogP contribution in [0, 0.1) is 5.92 Å². The van der Waals surface area contributed by atoms with Gasteiger partial charge in [-0.3, -0.25) is 9.69 Å². The summed E-state index contributed by atoms with van der Waals surface area (Å²) in [4.78, 5) is 14.3. The Bertz CT molecular complexity index is 366. The molecule has 0 amide bonds. The van der Waals surface area contributed by atoms with Crippen molar-refractivity contribution in [3.05, 3.63) is 20.8 Å². The lowest BCUT2D eigenvalue weighted by atomic mass is 10.1. The second-order valence-corrected chi connectivity index (χ2v) is 6.31. The topological polar surface area (TPSA) is 40.5 Å². The van der Waals surface area contributed by atoms with Gasteiger partial charge in [0.05, 0.1) is 9.70 Å². The van der Waals surface area contributed by atoms with Crippen LogP contribution in [0.5, 0.6) is 0 Å². The number of halogens is 1. The average Bonchev–Trinajstić information content (AvgIpc) is 2.76. The zero-order valence-electron chi connectivity index (χ0n) is 8.15. The molecule has 1 aromatic rings. The van der Waals surface area contributed by atoms with Gasteiger partial charge < -0.3 is 5.11 Å². The van der Waals surface area contributed by atoms with Crippen molar-refractivity contribution >= 4 is 33.2 Å². The van der Waals surface area contributed by atoms with Crippen LogP contribution in [-0.2, 0) is 11.3 Å². The van der Waals surface area contributed by atoms with E-state index in [9.17, 15) is 4.79 Å². The fourth-order valence-electron chi connectivity index (χ4n) is 1.83. The van der Waals surface area contributed by atoms with Gasteiger partial charge in [0.1, 0.15) is 0 Å². The molecule has 1 aliphatic heterocycles. The zero-order chi connectivity index (χ0) is 10.8. The van der Waals surface area contributed by atoms with E-state index in [2.05, 4.69) is 26.9 Å². The third-order valence-corrected chi connectivity index (χ3v) is 4.24. The summed E-state index contributed by atoms with van der Waals surface area (Å²) in [5, 5.41) is 8.87. The molecule has 1 atom stereocenters. The molecule has 2 heterocycles. The van der Waals surface area contributed by atoms with Crippen LogP contribution in [0.1, 0.15) is 11.3 Å². The molecule has 0 radical (unpaired) electrons. The van der Waals surface area contributed by atoms with E-state index in [0.29, 0.717) is 6.54 Å². The van der Waals surface area contributed by atoms with Crippen molar-refractivity contribution < 1.29 is 9.90 Å². The van der Waals surface area contributed by atoms with E-state index >= 15 is 0 Å². The number of hydrogen-bond acceptors (Lipinski definition) is 3. The molecule has 0 saturated carbocycles. The van der Waals surface area contributed by atoms with Gasteiger partial charge in [0, 0.05) is 18.0 Å². The molecule has 0 bridgehead atoms. The van der Waals surface area contributed by atoms with Gasteiger partial charge in [0.2, 0.25) is 0 Å². The summed E-state index contributed by atoms with van der Waals surface area (Å²) < 4.78 is 1.13. The van der Waals surface area contributed by atoms with Gasteiger partial charge in [-0.2, -0.15) is 0 Å². The van der Waals surface area contributed by atoms with E-state index in [1.165, 1.54) is 4.88 Å².